The summed E-state index contributed by atoms with van der Waals surface area (Å²) in [5.74, 6) is 0.975. The number of hydrogen-bond acceptors (Lipinski definition) is 5. The van der Waals surface area contributed by atoms with Gasteiger partial charge in [0.2, 0.25) is 5.91 Å². The van der Waals surface area contributed by atoms with Gasteiger partial charge in [0.1, 0.15) is 0 Å². The number of amides is 1. The smallest absolute Gasteiger partial charge is 0.223 e. The highest BCUT2D eigenvalue weighted by Gasteiger charge is 2.14. The Balaban J connectivity index is 0.00000400. The molecule has 7 heteroatoms. The summed E-state index contributed by atoms with van der Waals surface area (Å²) in [6.45, 7) is 4.92. The lowest BCUT2D eigenvalue weighted by molar-refractivity contribution is -0.123. The molecule has 1 aromatic rings. The van der Waals surface area contributed by atoms with E-state index in [0.29, 0.717) is 24.8 Å². The Labute approximate surface area is 132 Å². The van der Waals surface area contributed by atoms with E-state index in [9.17, 15) is 4.79 Å². The van der Waals surface area contributed by atoms with Crippen molar-refractivity contribution in [2.45, 2.75) is 51.7 Å². The first-order chi connectivity index (χ1) is 9.64. The number of carbonyl (C=O) groups is 1. The summed E-state index contributed by atoms with van der Waals surface area (Å²) in [4.78, 5) is 11.7. The van der Waals surface area contributed by atoms with Gasteiger partial charge >= 0.3 is 0 Å². The zero-order chi connectivity index (χ0) is 15.0. The average molecular weight is 320 g/mol. The second-order valence-corrected chi connectivity index (χ2v) is 4.81. The van der Waals surface area contributed by atoms with Crippen LogP contribution < -0.4 is 11.1 Å². The molecule has 1 atom stereocenters. The van der Waals surface area contributed by atoms with Gasteiger partial charge in [0, 0.05) is 25.6 Å². The molecule has 0 aliphatic rings. The van der Waals surface area contributed by atoms with Crippen molar-refractivity contribution in [1.29, 1.82) is 0 Å². The number of nitrogens with two attached hydrogens (primary N) is 1. The molecule has 1 unspecified atom stereocenters. The molecule has 1 amide bonds. The van der Waals surface area contributed by atoms with Crippen LogP contribution in [0.1, 0.15) is 50.5 Å². The second kappa shape index (κ2) is 10.6. The Hall–Kier alpha value is -1.11. The molecule has 0 bridgehead atoms. The van der Waals surface area contributed by atoms with Gasteiger partial charge in [0.25, 0.3) is 0 Å². The monoisotopic (exact) mass is 319 g/mol. The number of methoxy groups -OCH3 is 1. The normalized spacial score (nSPS) is 12.0. The fraction of sp³-hybridized carbons (Fsp3) is 0.714. The summed E-state index contributed by atoms with van der Waals surface area (Å²) in [6, 6.07) is 1.91. The molecule has 3 N–H and O–H groups in total. The fourth-order valence-corrected chi connectivity index (χ4v) is 2.04. The van der Waals surface area contributed by atoms with Crippen LogP contribution in [0.5, 0.6) is 0 Å². The molecule has 0 saturated carbocycles. The summed E-state index contributed by atoms with van der Waals surface area (Å²) in [5.41, 5.74) is 6.43. The molecule has 122 valence electrons. The van der Waals surface area contributed by atoms with Crippen molar-refractivity contribution in [1.82, 2.24) is 10.5 Å². The molecule has 0 fully saturated rings. The summed E-state index contributed by atoms with van der Waals surface area (Å²) >= 11 is 0. The van der Waals surface area contributed by atoms with Crippen LogP contribution in [-0.4, -0.2) is 30.8 Å². The van der Waals surface area contributed by atoms with Crippen molar-refractivity contribution in [3.05, 3.63) is 17.5 Å². The number of aromatic nitrogens is 1. The maximum Gasteiger partial charge on any atom is 0.223 e. The van der Waals surface area contributed by atoms with Gasteiger partial charge in [-0.3, -0.25) is 4.79 Å². The topological polar surface area (TPSA) is 90.4 Å². The summed E-state index contributed by atoms with van der Waals surface area (Å²) in [5, 5.41) is 6.84. The van der Waals surface area contributed by atoms with E-state index in [4.69, 9.17) is 15.0 Å². The Bertz CT molecular complexity index is 404. The van der Waals surface area contributed by atoms with Gasteiger partial charge in [-0.05, 0) is 12.8 Å². The van der Waals surface area contributed by atoms with Crippen LogP contribution in [0.4, 0.5) is 0 Å². The van der Waals surface area contributed by atoms with Gasteiger partial charge in [-0.1, -0.05) is 19.0 Å². The predicted octanol–water partition coefficient (Wildman–Crippen LogP) is 1.98. The quantitative estimate of drug-likeness (QED) is 0.726. The largest absolute Gasteiger partial charge is 0.380 e. The number of rotatable bonds is 9. The lowest BCUT2D eigenvalue weighted by atomic mass is 9.99. The molecule has 1 aromatic heterocycles. The first-order valence-corrected chi connectivity index (χ1v) is 7.09. The molecule has 0 aromatic carbocycles. The highest BCUT2D eigenvalue weighted by atomic mass is 35.5. The van der Waals surface area contributed by atoms with Gasteiger partial charge in [-0.2, -0.15) is 0 Å². The zero-order valence-electron chi connectivity index (χ0n) is 12.9. The van der Waals surface area contributed by atoms with Crippen LogP contribution in [0.15, 0.2) is 10.6 Å². The van der Waals surface area contributed by atoms with Crippen LogP contribution >= 0.6 is 12.4 Å². The lowest BCUT2D eigenvalue weighted by Gasteiger charge is -2.11. The number of carbonyl (C=O) groups excluding carboxylic acids is 1. The number of halogens is 1. The molecular weight excluding hydrogens is 294 g/mol. The van der Waals surface area contributed by atoms with Crippen molar-refractivity contribution in [3.8, 4) is 0 Å². The van der Waals surface area contributed by atoms with Crippen molar-refractivity contribution in [2.24, 2.45) is 5.73 Å². The van der Waals surface area contributed by atoms with E-state index in [1.165, 1.54) is 0 Å². The van der Waals surface area contributed by atoms with Crippen LogP contribution in [0, 0.1) is 0 Å². The third kappa shape index (κ3) is 6.46. The van der Waals surface area contributed by atoms with Crippen molar-refractivity contribution >= 4 is 18.3 Å². The van der Waals surface area contributed by atoms with E-state index in [-0.39, 0.29) is 30.8 Å². The van der Waals surface area contributed by atoms with Crippen LogP contribution in [0.2, 0.25) is 0 Å². The standard InChI is InChI=1S/C14H25N3O3.ClH/c1-4-10(5-2)13-6-12(20-17-13)9-16-14(18)7-11(8-15)19-3;/h6,10-11H,4-5,7-9,15H2,1-3H3,(H,16,18);1H. The van der Waals surface area contributed by atoms with Gasteiger partial charge < -0.3 is 20.3 Å². The molecule has 0 radical (unpaired) electrons. The minimum Gasteiger partial charge on any atom is -0.380 e. The summed E-state index contributed by atoms with van der Waals surface area (Å²) in [7, 11) is 1.54. The van der Waals surface area contributed by atoms with E-state index in [2.05, 4.69) is 24.3 Å². The molecular formula is C14H26ClN3O3. The maximum atomic E-state index is 11.7. The Morgan fingerprint density at radius 3 is 2.67 bits per heavy atom. The minimum absolute atomic E-state index is 0. The Morgan fingerprint density at radius 1 is 1.48 bits per heavy atom. The van der Waals surface area contributed by atoms with E-state index in [1.807, 2.05) is 6.07 Å². The zero-order valence-corrected chi connectivity index (χ0v) is 13.7. The first kappa shape index (κ1) is 19.9. The second-order valence-electron chi connectivity index (χ2n) is 4.81. The van der Waals surface area contributed by atoms with E-state index >= 15 is 0 Å². The number of nitrogens with one attached hydrogen (secondary N) is 1. The van der Waals surface area contributed by atoms with Crippen LogP contribution in [-0.2, 0) is 16.1 Å². The van der Waals surface area contributed by atoms with Gasteiger partial charge in [-0.25, -0.2) is 0 Å². The third-order valence-electron chi connectivity index (χ3n) is 3.45. The molecule has 1 heterocycles. The minimum atomic E-state index is -0.246. The van der Waals surface area contributed by atoms with Crippen molar-refractivity contribution in [2.75, 3.05) is 13.7 Å². The predicted molar refractivity (Wildman–Crippen MR) is 83.4 cm³/mol. The third-order valence-corrected chi connectivity index (χ3v) is 3.45. The first-order valence-electron chi connectivity index (χ1n) is 7.09. The average Bonchev–Trinajstić information content (AvgIpc) is 2.92. The molecule has 1 rings (SSSR count). The SMILES string of the molecule is CCC(CC)c1cc(CNC(=O)CC(CN)OC)on1.Cl. The molecule has 6 nitrogen and oxygen atoms in total. The summed E-state index contributed by atoms with van der Waals surface area (Å²) in [6.07, 6.45) is 2.06. The molecule has 0 aliphatic carbocycles. The molecule has 0 saturated heterocycles. The highest BCUT2D eigenvalue weighted by molar-refractivity contribution is 5.85. The van der Waals surface area contributed by atoms with E-state index in [0.717, 1.165) is 18.5 Å². The maximum absolute atomic E-state index is 11.7. The lowest BCUT2D eigenvalue weighted by Crippen LogP contribution is -2.31. The fourth-order valence-electron chi connectivity index (χ4n) is 2.04. The number of hydrogen-bond donors (Lipinski definition) is 2. The van der Waals surface area contributed by atoms with Crippen molar-refractivity contribution in [3.63, 3.8) is 0 Å². The number of nitrogens with zero attached hydrogens (tertiary/aromatic N) is 1. The van der Waals surface area contributed by atoms with Crippen molar-refractivity contribution < 1.29 is 14.1 Å². The van der Waals surface area contributed by atoms with Gasteiger partial charge in [0.05, 0.1) is 24.8 Å². The highest BCUT2D eigenvalue weighted by Crippen LogP contribution is 2.22. The van der Waals surface area contributed by atoms with Gasteiger partial charge in [-0.15, -0.1) is 12.4 Å². The Morgan fingerprint density at radius 2 is 2.14 bits per heavy atom. The van der Waals surface area contributed by atoms with E-state index in [1.54, 1.807) is 7.11 Å². The molecule has 0 aliphatic heterocycles. The van der Waals surface area contributed by atoms with Crippen LogP contribution in [0.25, 0.3) is 0 Å². The van der Waals surface area contributed by atoms with Gasteiger partial charge in [0.15, 0.2) is 5.76 Å². The van der Waals surface area contributed by atoms with E-state index < -0.39 is 0 Å². The number of ether oxygens (including phenoxy) is 1. The summed E-state index contributed by atoms with van der Waals surface area (Å²) < 4.78 is 10.3. The van der Waals surface area contributed by atoms with Crippen LogP contribution in [0.3, 0.4) is 0 Å². The molecule has 21 heavy (non-hydrogen) atoms. The Kier molecular flexibility index (Phi) is 10.0. The molecule has 0 spiro atoms.